The lowest BCUT2D eigenvalue weighted by molar-refractivity contribution is -0.115. The number of para-hydroxylation sites is 3. The molecule has 3 aromatic carbocycles. The van der Waals surface area contributed by atoms with Gasteiger partial charge in [-0.1, -0.05) is 30.3 Å². The molecule has 2 amide bonds. The van der Waals surface area contributed by atoms with E-state index < -0.39 is 5.25 Å². The molecule has 7 heteroatoms. The van der Waals surface area contributed by atoms with Gasteiger partial charge < -0.3 is 20.1 Å². The zero-order valence-corrected chi connectivity index (χ0v) is 18.1. The second-order valence-electron chi connectivity index (χ2n) is 6.63. The molecule has 31 heavy (non-hydrogen) atoms. The van der Waals surface area contributed by atoms with E-state index in [1.807, 2.05) is 42.5 Å². The first-order chi connectivity index (χ1) is 15.0. The monoisotopic (exact) mass is 436 g/mol. The lowest BCUT2D eigenvalue weighted by Crippen LogP contribution is -2.25. The van der Waals surface area contributed by atoms with Crippen molar-refractivity contribution in [2.45, 2.75) is 12.2 Å². The van der Waals surface area contributed by atoms with Crippen LogP contribution in [0.4, 0.5) is 11.4 Å². The Kier molecular flexibility index (Phi) is 7.95. The minimum atomic E-state index is -0.399. The molecule has 0 aliphatic rings. The lowest BCUT2D eigenvalue weighted by atomic mass is 10.3. The fourth-order valence-electron chi connectivity index (χ4n) is 2.69. The Balaban J connectivity index is 1.46. The Labute approximate surface area is 186 Å². The summed E-state index contributed by atoms with van der Waals surface area (Å²) in [7, 11) is 1.55. The third-order valence-corrected chi connectivity index (χ3v) is 5.46. The molecule has 160 valence electrons. The van der Waals surface area contributed by atoms with Crippen molar-refractivity contribution in [1.29, 1.82) is 0 Å². The standard InChI is InChI=1S/C24H24N2O4S/c1-17(31-16-23(27)26-21-10-6-7-11-22(21)29-2)24(28)25-18-12-14-20(15-13-18)30-19-8-4-3-5-9-19/h3-15,17H,16H2,1-2H3,(H,25,28)(H,26,27). The van der Waals surface area contributed by atoms with Crippen molar-refractivity contribution in [3.05, 3.63) is 78.9 Å². The molecule has 0 fully saturated rings. The van der Waals surface area contributed by atoms with Gasteiger partial charge in [-0.2, -0.15) is 0 Å². The minimum Gasteiger partial charge on any atom is -0.495 e. The first-order valence-corrected chi connectivity index (χ1v) is 10.8. The van der Waals surface area contributed by atoms with Gasteiger partial charge in [0.25, 0.3) is 0 Å². The van der Waals surface area contributed by atoms with E-state index >= 15 is 0 Å². The van der Waals surface area contributed by atoms with Crippen LogP contribution >= 0.6 is 11.8 Å². The van der Waals surface area contributed by atoms with E-state index in [0.29, 0.717) is 22.9 Å². The highest BCUT2D eigenvalue weighted by atomic mass is 32.2. The Morgan fingerprint density at radius 2 is 1.52 bits per heavy atom. The highest BCUT2D eigenvalue weighted by Crippen LogP contribution is 2.25. The summed E-state index contributed by atoms with van der Waals surface area (Å²) in [4.78, 5) is 24.7. The molecule has 0 aliphatic heterocycles. The average molecular weight is 437 g/mol. The zero-order valence-electron chi connectivity index (χ0n) is 17.3. The van der Waals surface area contributed by atoms with Crippen LogP contribution in [0.25, 0.3) is 0 Å². The van der Waals surface area contributed by atoms with E-state index in [-0.39, 0.29) is 17.6 Å². The molecule has 3 aromatic rings. The van der Waals surface area contributed by atoms with Crippen molar-refractivity contribution in [2.24, 2.45) is 0 Å². The molecule has 3 rings (SSSR count). The van der Waals surface area contributed by atoms with Crippen LogP contribution in [0.5, 0.6) is 17.2 Å². The van der Waals surface area contributed by atoms with Crippen molar-refractivity contribution in [2.75, 3.05) is 23.5 Å². The van der Waals surface area contributed by atoms with Gasteiger partial charge in [-0.3, -0.25) is 9.59 Å². The van der Waals surface area contributed by atoms with E-state index in [2.05, 4.69) is 10.6 Å². The van der Waals surface area contributed by atoms with Crippen molar-refractivity contribution in [1.82, 2.24) is 0 Å². The number of methoxy groups -OCH3 is 1. The second kappa shape index (κ2) is 11.1. The molecule has 0 saturated heterocycles. The Morgan fingerprint density at radius 1 is 0.871 bits per heavy atom. The van der Waals surface area contributed by atoms with Crippen LogP contribution in [0.2, 0.25) is 0 Å². The van der Waals surface area contributed by atoms with Crippen LogP contribution in [0.15, 0.2) is 78.9 Å². The highest BCUT2D eigenvalue weighted by molar-refractivity contribution is 8.01. The third-order valence-electron chi connectivity index (χ3n) is 4.32. The van der Waals surface area contributed by atoms with Gasteiger partial charge in [-0.25, -0.2) is 0 Å². The Bertz CT molecular complexity index is 1010. The maximum absolute atomic E-state index is 12.4. The quantitative estimate of drug-likeness (QED) is 0.483. The van der Waals surface area contributed by atoms with Gasteiger partial charge in [-0.15, -0.1) is 11.8 Å². The molecule has 0 heterocycles. The van der Waals surface area contributed by atoms with E-state index in [4.69, 9.17) is 9.47 Å². The van der Waals surface area contributed by atoms with E-state index in [0.717, 1.165) is 5.75 Å². The number of ether oxygens (including phenoxy) is 2. The molecule has 0 aliphatic carbocycles. The summed E-state index contributed by atoms with van der Waals surface area (Å²) in [5, 5.41) is 5.26. The number of benzene rings is 3. The highest BCUT2D eigenvalue weighted by Gasteiger charge is 2.16. The minimum absolute atomic E-state index is 0.149. The van der Waals surface area contributed by atoms with Crippen LogP contribution in [0, 0.1) is 0 Å². The fraction of sp³-hybridized carbons (Fsp3) is 0.167. The maximum atomic E-state index is 12.4. The molecule has 0 aromatic heterocycles. The molecule has 1 unspecified atom stereocenters. The molecule has 1 atom stereocenters. The molecule has 0 radical (unpaired) electrons. The summed E-state index contributed by atoms with van der Waals surface area (Å²) in [5.74, 6) is 1.79. The number of amides is 2. The number of carbonyl (C=O) groups is 2. The summed E-state index contributed by atoms with van der Waals surface area (Å²) < 4.78 is 11.0. The predicted molar refractivity (Wildman–Crippen MR) is 125 cm³/mol. The summed E-state index contributed by atoms with van der Waals surface area (Å²) in [6, 6.07) is 23.8. The summed E-state index contributed by atoms with van der Waals surface area (Å²) in [5.41, 5.74) is 1.27. The smallest absolute Gasteiger partial charge is 0.237 e. The normalized spacial score (nSPS) is 11.3. The van der Waals surface area contributed by atoms with Crippen molar-refractivity contribution < 1.29 is 19.1 Å². The number of anilines is 2. The van der Waals surface area contributed by atoms with Crippen LogP contribution in [0.1, 0.15) is 6.92 Å². The van der Waals surface area contributed by atoms with E-state index in [9.17, 15) is 9.59 Å². The first-order valence-electron chi connectivity index (χ1n) is 9.73. The van der Waals surface area contributed by atoms with Gasteiger partial charge in [0.2, 0.25) is 11.8 Å². The fourth-order valence-corrected chi connectivity index (χ4v) is 3.37. The first kappa shape index (κ1) is 22.2. The largest absolute Gasteiger partial charge is 0.495 e. The van der Waals surface area contributed by atoms with E-state index in [1.165, 1.54) is 11.8 Å². The van der Waals surface area contributed by atoms with Crippen LogP contribution in [0.3, 0.4) is 0 Å². The summed E-state index contributed by atoms with van der Waals surface area (Å²) in [6.45, 7) is 1.77. The number of thioether (sulfide) groups is 1. The van der Waals surface area contributed by atoms with Gasteiger partial charge in [-0.05, 0) is 55.5 Å². The molecule has 0 saturated carbocycles. The Hall–Kier alpha value is -3.45. The maximum Gasteiger partial charge on any atom is 0.237 e. The number of hydrogen-bond donors (Lipinski definition) is 2. The SMILES string of the molecule is COc1ccccc1NC(=O)CSC(C)C(=O)Nc1ccc(Oc2ccccc2)cc1. The van der Waals surface area contributed by atoms with Crippen molar-refractivity contribution in [3.8, 4) is 17.2 Å². The summed E-state index contributed by atoms with van der Waals surface area (Å²) >= 11 is 1.26. The van der Waals surface area contributed by atoms with Gasteiger partial charge in [0.1, 0.15) is 17.2 Å². The van der Waals surface area contributed by atoms with Gasteiger partial charge >= 0.3 is 0 Å². The molecule has 0 bridgehead atoms. The van der Waals surface area contributed by atoms with Gasteiger partial charge in [0.05, 0.1) is 23.8 Å². The van der Waals surface area contributed by atoms with Gasteiger partial charge in [0.15, 0.2) is 0 Å². The van der Waals surface area contributed by atoms with Crippen LogP contribution < -0.4 is 20.1 Å². The predicted octanol–water partition coefficient (Wildman–Crippen LogP) is 5.19. The van der Waals surface area contributed by atoms with Crippen LogP contribution in [-0.2, 0) is 9.59 Å². The lowest BCUT2D eigenvalue weighted by Gasteiger charge is -2.13. The molecular weight excluding hydrogens is 412 g/mol. The molecular formula is C24H24N2O4S. The average Bonchev–Trinajstić information content (AvgIpc) is 2.79. The van der Waals surface area contributed by atoms with Crippen molar-refractivity contribution in [3.63, 3.8) is 0 Å². The molecule has 6 nitrogen and oxygen atoms in total. The summed E-state index contributed by atoms with van der Waals surface area (Å²) in [6.07, 6.45) is 0. The number of nitrogens with one attached hydrogen (secondary N) is 2. The number of carbonyl (C=O) groups excluding carboxylic acids is 2. The van der Waals surface area contributed by atoms with Crippen LogP contribution in [-0.4, -0.2) is 29.9 Å². The molecule has 2 N–H and O–H groups in total. The van der Waals surface area contributed by atoms with Crippen molar-refractivity contribution >= 4 is 35.0 Å². The van der Waals surface area contributed by atoms with Gasteiger partial charge in [0, 0.05) is 5.69 Å². The second-order valence-corrected chi connectivity index (χ2v) is 7.96. The zero-order chi connectivity index (χ0) is 22.1. The molecule has 0 spiro atoms. The topological polar surface area (TPSA) is 76.7 Å². The third kappa shape index (κ3) is 6.79. The number of rotatable bonds is 9. The van der Waals surface area contributed by atoms with E-state index in [1.54, 1.807) is 50.4 Å². The Morgan fingerprint density at radius 3 is 2.23 bits per heavy atom. The number of hydrogen-bond acceptors (Lipinski definition) is 5.